The van der Waals surface area contributed by atoms with E-state index in [1.807, 2.05) is 0 Å². The molecule has 1 aliphatic rings. The maximum Gasteiger partial charge on any atom is 0.308 e. The fourth-order valence-corrected chi connectivity index (χ4v) is 1.78. The molecule has 1 aliphatic heterocycles. The Kier molecular flexibility index (Phi) is 4.08. The third-order valence-corrected chi connectivity index (χ3v) is 2.89. The number of likely N-dealkylation sites (tertiary alicyclic amines) is 1. The number of carboxylic acid groups (broad SMARTS) is 1. The second-order valence-electron chi connectivity index (χ2n) is 3.97. The van der Waals surface area contributed by atoms with Gasteiger partial charge in [0.1, 0.15) is 0 Å². The van der Waals surface area contributed by atoms with Crippen molar-refractivity contribution in [2.24, 2.45) is 5.92 Å². The highest BCUT2D eigenvalue weighted by molar-refractivity contribution is 5.82. The first-order valence-corrected chi connectivity index (χ1v) is 5.25. The monoisotopic (exact) mass is 214 g/mol. The van der Waals surface area contributed by atoms with Crippen LogP contribution in [-0.2, 0) is 9.59 Å². The zero-order valence-electron chi connectivity index (χ0n) is 9.19. The van der Waals surface area contributed by atoms with Crippen LogP contribution in [0.4, 0.5) is 0 Å². The fraction of sp³-hybridized carbons (Fsp3) is 0.800. The highest BCUT2D eigenvalue weighted by Crippen LogP contribution is 2.17. The quantitative estimate of drug-likeness (QED) is 0.689. The van der Waals surface area contributed by atoms with Gasteiger partial charge >= 0.3 is 5.97 Å². The van der Waals surface area contributed by atoms with Crippen LogP contribution < -0.4 is 5.32 Å². The van der Waals surface area contributed by atoms with E-state index in [0.29, 0.717) is 19.5 Å². The summed E-state index contributed by atoms with van der Waals surface area (Å²) in [5, 5.41) is 11.7. The molecule has 0 aromatic heterocycles. The lowest BCUT2D eigenvalue weighted by molar-refractivity contribution is -0.146. The summed E-state index contributed by atoms with van der Waals surface area (Å²) in [6, 6.07) is -0.238. The first-order chi connectivity index (χ1) is 7.06. The minimum Gasteiger partial charge on any atom is -0.481 e. The Morgan fingerprint density at radius 2 is 2.20 bits per heavy atom. The van der Waals surface area contributed by atoms with Gasteiger partial charge in [-0.3, -0.25) is 9.59 Å². The summed E-state index contributed by atoms with van der Waals surface area (Å²) in [5.74, 6) is -1.21. The highest BCUT2D eigenvalue weighted by atomic mass is 16.4. The molecule has 5 heteroatoms. The van der Waals surface area contributed by atoms with Crippen molar-refractivity contribution < 1.29 is 14.7 Å². The van der Waals surface area contributed by atoms with Crippen molar-refractivity contribution in [3.63, 3.8) is 0 Å². The molecule has 0 bridgehead atoms. The van der Waals surface area contributed by atoms with E-state index in [9.17, 15) is 9.59 Å². The minimum atomic E-state index is -0.801. The van der Waals surface area contributed by atoms with Gasteiger partial charge in [0.15, 0.2) is 0 Å². The molecule has 1 heterocycles. The maximum atomic E-state index is 11.8. The van der Waals surface area contributed by atoms with E-state index < -0.39 is 11.9 Å². The lowest BCUT2D eigenvalue weighted by Gasteiger charge is -2.32. The number of rotatable bonds is 3. The smallest absolute Gasteiger partial charge is 0.308 e. The predicted molar refractivity (Wildman–Crippen MR) is 55.5 cm³/mol. The summed E-state index contributed by atoms with van der Waals surface area (Å²) in [6.45, 7) is 2.81. The van der Waals surface area contributed by atoms with Gasteiger partial charge in [0.2, 0.25) is 5.91 Å². The van der Waals surface area contributed by atoms with Crippen molar-refractivity contribution in [2.75, 3.05) is 20.1 Å². The summed E-state index contributed by atoms with van der Waals surface area (Å²) >= 11 is 0. The Labute approximate surface area is 89.4 Å². The van der Waals surface area contributed by atoms with Crippen molar-refractivity contribution in [3.8, 4) is 0 Å². The number of hydrogen-bond acceptors (Lipinski definition) is 3. The maximum absolute atomic E-state index is 11.8. The average molecular weight is 214 g/mol. The number of nitrogens with zero attached hydrogens (tertiary/aromatic N) is 1. The number of likely N-dealkylation sites (N-methyl/N-ethyl adjacent to an activating group) is 1. The molecular formula is C10H18N2O3. The van der Waals surface area contributed by atoms with Crippen LogP contribution in [0.15, 0.2) is 0 Å². The average Bonchev–Trinajstić information content (AvgIpc) is 2.27. The van der Waals surface area contributed by atoms with Crippen molar-refractivity contribution in [1.82, 2.24) is 10.2 Å². The molecule has 0 spiro atoms. The van der Waals surface area contributed by atoms with Crippen LogP contribution in [0, 0.1) is 5.92 Å². The van der Waals surface area contributed by atoms with Crippen molar-refractivity contribution in [2.45, 2.75) is 25.8 Å². The molecule has 2 atom stereocenters. The van der Waals surface area contributed by atoms with Gasteiger partial charge in [0, 0.05) is 13.1 Å². The first kappa shape index (κ1) is 12.0. The zero-order valence-corrected chi connectivity index (χ0v) is 9.19. The van der Waals surface area contributed by atoms with Crippen molar-refractivity contribution in [1.29, 1.82) is 0 Å². The van der Waals surface area contributed by atoms with Gasteiger partial charge in [0.25, 0.3) is 0 Å². The normalized spacial score (nSPS) is 23.6. The van der Waals surface area contributed by atoms with Gasteiger partial charge < -0.3 is 15.3 Å². The standard InChI is InChI=1S/C10H18N2O3/c1-7(11-2)9(13)12-5-3-4-8(6-12)10(14)15/h7-8,11H,3-6H2,1-2H3,(H,14,15). The van der Waals surface area contributed by atoms with E-state index in [1.165, 1.54) is 0 Å². The second-order valence-corrected chi connectivity index (χ2v) is 3.97. The Morgan fingerprint density at radius 3 is 2.73 bits per heavy atom. The Balaban J connectivity index is 2.56. The van der Waals surface area contributed by atoms with Gasteiger partial charge in [0.05, 0.1) is 12.0 Å². The Bertz CT molecular complexity index is 255. The molecule has 2 unspecified atom stereocenters. The number of aliphatic carboxylic acids is 1. The van der Waals surface area contributed by atoms with Gasteiger partial charge in [-0.25, -0.2) is 0 Å². The molecule has 5 nitrogen and oxygen atoms in total. The summed E-state index contributed by atoms with van der Waals surface area (Å²) in [4.78, 5) is 24.2. The fourth-order valence-electron chi connectivity index (χ4n) is 1.78. The van der Waals surface area contributed by atoms with E-state index in [1.54, 1.807) is 18.9 Å². The molecule has 0 aromatic carbocycles. The molecule has 1 amide bonds. The van der Waals surface area contributed by atoms with Crippen LogP contribution in [0.3, 0.4) is 0 Å². The zero-order chi connectivity index (χ0) is 11.4. The third kappa shape index (κ3) is 2.92. The molecule has 1 saturated heterocycles. The van der Waals surface area contributed by atoms with Gasteiger partial charge in [-0.2, -0.15) is 0 Å². The Morgan fingerprint density at radius 1 is 1.53 bits per heavy atom. The predicted octanol–water partition coefficient (Wildman–Crippen LogP) is -0.0825. The summed E-state index contributed by atoms with van der Waals surface area (Å²) < 4.78 is 0. The van der Waals surface area contributed by atoms with Crippen LogP contribution in [-0.4, -0.2) is 48.1 Å². The van der Waals surface area contributed by atoms with E-state index in [0.717, 1.165) is 6.42 Å². The number of carboxylic acids is 1. The van der Waals surface area contributed by atoms with Gasteiger partial charge in [-0.05, 0) is 26.8 Å². The van der Waals surface area contributed by atoms with E-state index in [2.05, 4.69) is 5.32 Å². The number of piperidine rings is 1. The molecule has 0 aliphatic carbocycles. The minimum absolute atomic E-state index is 0.0107. The number of carbonyl (C=O) groups excluding carboxylic acids is 1. The van der Waals surface area contributed by atoms with E-state index in [4.69, 9.17) is 5.11 Å². The number of nitrogens with one attached hydrogen (secondary N) is 1. The molecule has 0 radical (unpaired) electrons. The lowest BCUT2D eigenvalue weighted by atomic mass is 9.98. The van der Waals surface area contributed by atoms with Crippen LogP contribution in [0.5, 0.6) is 0 Å². The third-order valence-electron chi connectivity index (χ3n) is 2.89. The summed E-state index contributed by atoms with van der Waals surface area (Å²) in [7, 11) is 1.72. The first-order valence-electron chi connectivity index (χ1n) is 5.25. The van der Waals surface area contributed by atoms with Crippen molar-refractivity contribution in [3.05, 3.63) is 0 Å². The highest BCUT2D eigenvalue weighted by Gasteiger charge is 2.29. The van der Waals surface area contributed by atoms with Gasteiger partial charge in [-0.15, -0.1) is 0 Å². The van der Waals surface area contributed by atoms with Crippen LogP contribution in [0.1, 0.15) is 19.8 Å². The topological polar surface area (TPSA) is 69.6 Å². The molecule has 15 heavy (non-hydrogen) atoms. The Hall–Kier alpha value is -1.10. The molecule has 0 aromatic rings. The molecule has 1 rings (SSSR count). The number of amides is 1. The largest absolute Gasteiger partial charge is 0.481 e. The SMILES string of the molecule is CNC(C)C(=O)N1CCCC(C(=O)O)C1. The lowest BCUT2D eigenvalue weighted by Crippen LogP contribution is -2.49. The molecule has 1 fully saturated rings. The van der Waals surface area contributed by atoms with Crippen LogP contribution in [0.2, 0.25) is 0 Å². The molecule has 2 N–H and O–H groups in total. The van der Waals surface area contributed by atoms with E-state index in [-0.39, 0.29) is 11.9 Å². The van der Waals surface area contributed by atoms with Crippen LogP contribution in [0.25, 0.3) is 0 Å². The molecule has 86 valence electrons. The summed E-state index contributed by atoms with van der Waals surface area (Å²) in [5.41, 5.74) is 0. The van der Waals surface area contributed by atoms with Crippen LogP contribution >= 0.6 is 0 Å². The summed E-state index contributed by atoms with van der Waals surface area (Å²) in [6.07, 6.45) is 1.45. The van der Waals surface area contributed by atoms with E-state index >= 15 is 0 Å². The van der Waals surface area contributed by atoms with Crippen molar-refractivity contribution >= 4 is 11.9 Å². The number of carbonyl (C=O) groups is 2. The molecule has 0 saturated carbocycles. The molecular weight excluding hydrogens is 196 g/mol. The second kappa shape index (κ2) is 5.11. The van der Waals surface area contributed by atoms with Gasteiger partial charge in [-0.1, -0.05) is 0 Å². The number of hydrogen-bond donors (Lipinski definition) is 2.